The fourth-order valence-corrected chi connectivity index (χ4v) is 2.21. The van der Waals surface area contributed by atoms with E-state index in [2.05, 4.69) is 15.5 Å². The number of thioether (sulfide) groups is 1. The molecule has 0 spiro atoms. The van der Waals surface area contributed by atoms with Crippen molar-refractivity contribution in [1.29, 1.82) is 0 Å². The lowest BCUT2D eigenvalue weighted by molar-refractivity contribution is -0.118. The number of halogens is 1. The number of hydrogen-bond acceptors (Lipinski definition) is 6. The van der Waals surface area contributed by atoms with Gasteiger partial charge < -0.3 is 14.5 Å². The highest BCUT2D eigenvalue weighted by molar-refractivity contribution is 7.99. The summed E-state index contributed by atoms with van der Waals surface area (Å²) in [6, 6.07) is 6.99. The Kier molecular flexibility index (Phi) is 6.54. The molecule has 0 bridgehead atoms. The molecule has 22 heavy (non-hydrogen) atoms. The number of carbonyl (C=O) groups excluding carboxylic acids is 1. The molecule has 1 aromatic heterocycles. The highest BCUT2D eigenvalue weighted by Crippen LogP contribution is 2.19. The number of carbonyl (C=O) groups is 1. The standard InChI is InChI=1S/C14H16ClN3O3S/c1-2-7-16-12(19)9-22-14-18-17-13(21-14)8-20-11-5-3-10(15)4-6-11/h3-6H,2,7-9H2,1H3,(H,16,19). The van der Waals surface area contributed by atoms with Crippen LogP contribution >= 0.6 is 23.4 Å². The van der Waals surface area contributed by atoms with Crippen molar-refractivity contribution in [3.05, 3.63) is 35.2 Å². The molecule has 0 saturated heterocycles. The summed E-state index contributed by atoms with van der Waals surface area (Å²) in [5.41, 5.74) is 0. The topological polar surface area (TPSA) is 77.2 Å². The summed E-state index contributed by atoms with van der Waals surface area (Å²) in [6.45, 7) is 2.83. The fourth-order valence-electron chi connectivity index (χ4n) is 1.47. The smallest absolute Gasteiger partial charge is 0.277 e. The van der Waals surface area contributed by atoms with Crippen LogP contribution in [0.3, 0.4) is 0 Å². The average Bonchev–Trinajstić information content (AvgIpc) is 2.98. The summed E-state index contributed by atoms with van der Waals surface area (Å²) in [7, 11) is 0. The van der Waals surface area contributed by atoms with Gasteiger partial charge in [0.15, 0.2) is 6.61 Å². The quantitative estimate of drug-likeness (QED) is 0.744. The predicted octanol–water partition coefficient (Wildman–Crippen LogP) is 2.92. The van der Waals surface area contributed by atoms with Crippen molar-refractivity contribution in [3.63, 3.8) is 0 Å². The van der Waals surface area contributed by atoms with Crippen molar-refractivity contribution < 1.29 is 13.9 Å². The van der Waals surface area contributed by atoms with Gasteiger partial charge in [0.05, 0.1) is 5.75 Å². The van der Waals surface area contributed by atoms with Gasteiger partial charge in [0, 0.05) is 11.6 Å². The molecular weight excluding hydrogens is 326 g/mol. The summed E-state index contributed by atoms with van der Waals surface area (Å²) < 4.78 is 10.9. The second kappa shape index (κ2) is 8.65. The molecule has 1 aromatic carbocycles. The van der Waals surface area contributed by atoms with E-state index in [1.807, 2.05) is 6.92 Å². The van der Waals surface area contributed by atoms with Gasteiger partial charge in [-0.05, 0) is 30.7 Å². The molecule has 118 valence electrons. The molecule has 2 aromatic rings. The van der Waals surface area contributed by atoms with Crippen LogP contribution in [-0.2, 0) is 11.4 Å². The monoisotopic (exact) mass is 341 g/mol. The van der Waals surface area contributed by atoms with E-state index < -0.39 is 0 Å². The molecule has 0 saturated carbocycles. The van der Waals surface area contributed by atoms with Crippen LogP contribution in [0.1, 0.15) is 19.2 Å². The molecule has 8 heteroatoms. The van der Waals surface area contributed by atoms with Gasteiger partial charge in [-0.2, -0.15) is 0 Å². The molecule has 0 radical (unpaired) electrons. The summed E-state index contributed by atoms with van der Waals surface area (Å²) in [5, 5.41) is 11.5. The zero-order chi connectivity index (χ0) is 15.8. The van der Waals surface area contributed by atoms with E-state index in [1.54, 1.807) is 24.3 Å². The lowest BCUT2D eigenvalue weighted by Crippen LogP contribution is -2.25. The van der Waals surface area contributed by atoms with Gasteiger partial charge in [0.25, 0.3) is 11.1 Å². The Morgan fingerprint density at radius 3 is 2.86 bits per heavy atom. The number of hydrogen-bond donors (Lipinski definition) is 1. The van der Waals surface area contributed by atoms with E-state index in [-0.39, 0.29) is 18.3 Å². The van der Waals surface area contributed by atoms with Crippen LogP contribution in [0.25, 0.3) is 0 Å². The van der Waals surface area contributed by atoms with Crippen molar-refractivity contribution in [2.45, 2.75) is 25.2 Å². The fraction of sp³-hybridized carbons (Fsp3) is 0.357. The molecule has 6 nitrogen and oxygen atoms in total. The van der Waals surface area contributed by atoms with Gasteiger partial charge >= 0.3 is 0 Å². The highest BCUT2D eigenvalue weighted by Gasteiger charge is 2.10. The van der Waals surface area contributed by atoms with E-state index in [0.717, 1.165) is 6.42 Å². The van der Waals surface area contributed by atoms with E-state index in [9.17, 15) is 4.79 Å². The first-order valence-electron chi connectivity index (χ1n) is 6.77. The number of amides is 1. The van der Waals surface area contributed by atoms with E-state index >= 15 is 0 Å². The summed E-state index contributed by atoms with van der Waals surface area (Å²) in [5.74, 6) is 1.21. The van der Waals surface area contributed by atoms with Crippen LogP contribution < -0.4 is 10.1 Å². The van der Waals surface area contributed by atoms with Gasteiger partial charge in [0.1, 0.15) is 5.75 Å². The Bertz CT molecular complexity index is 604. The first-order chi connectivity index (χ1) is 10.7. The van der Waals surface area contributed by atoms with Gasteiger partial charge in [-0.15, -0.1) is 10.2 Å². The molecule has 1 N–H and O–H groups in total. The number of ether oxygens (including phenoxy) is 1. The molecule has 1 amide bonds. The van der Waals surface area contributed by atoms with E-state index in [0.29, 0.717) is 28.4 Å². The van der Waals surface area contributed by atoms with Crippen molar-refractivity contribution >= 4 is 29.3 Å². The lowest BCUT2D eigenvalue weighted by Gasteiger charge is -2.02. The lowest BCUT2D eigenvalue weighted by atomic mass is 10.3. The third-order valence-electron chi connectivity index (χ3n) is 2.52. The number of rotatable bonds is 8. The van der Waals surface area contributed by atoms with Crippen molar-refractivity contribution in [1.82, 2.24) is 15.5 Å². The Hall–Kier alpha value is -1.73. The molecule has 0 unspecified atom stereocenters. The van der Waals surface area contributed by atoms with E-state index in [4.69, 9.17) is 20.8 Å². The molecule has 0 atom stereocenters. The molecule has 0 aliphatic rings. The molecule has 2 rings (SSSR count). The molecule has 1 heterocycles. The molecule has 0 aliphatic heterocycles. The van der Waals surface area contributed by atoms with Crippen molar-refractivity contribution in [3.8, 4) is 5.75 Å². The van der Waals surface area contributed by atoms with Crippen LogP contribution in [0.4, 0.5) is 0 Å². The van der Waals surface area contributed by atoms with Crippen molar-refractivity contribution in [2.24, 2.45) is 0 Å². The Labute approximate surface area is 137 Å². The molecular formula is C14H16ClN3O3S. The minimum absolute atomic E-state index is 0.0518. The average molecular weight is 342 g/mol. The van der Waals surface area contributed by atoms with Gasteiger partial charge in [-0.3, -0.25) is 4.79 Å². The Morgan fingerprint density at radius 2 is 2.14 bits per heavy atom. The second-order valence-corrected chi connectivity index (χ2v) is 5.71. The first kappa shape index (κ1) is 16.6. The van der Waals surface area contributed by atoms with Crippen LogP contribution in [-0.4, -0.2) is 28.4 Å². The van der Waals surface area contributed by atoms with Gasteiger partial charge in [-0.1, -0.05) is 30.3 Å². The Balaban J connectivity index is 1.76. The van der Waals surface area contributed by atoms with Crippen LogP contribution in [0.2, 0.25) is 5.02 Å². The number of nitrogens with zero attached hydrogens (tertiary/aromatic N) is 2. The Morgan fingerprint density at radius 1 is 1.36 bits per heavy atom. The zero-order valence-corrected chi connectivity index (χ0v) is 13.6. The number of nitrogens with one attached hydrogen (secondary N) is 1. The van der Waals surface area contributed by atoms with Gasteiger partial charge in [-0.25, -0.2) is 0 Å². The summed E-state index contributed by atoms with van der Waals surface area (Å²) in [6.07, 6.45) is 0.906. The maximum Gasteiger partial charge on any atom is 0.277 e. The van der Waals surface area contributed by atoms with Gasteiger partial charge in [0.2, 0.25) is 5.91 Å². The van der Waals surface area contributed by atoms with Crippen LogP contribution in [0.15, 0.2) is 33.9 Å². The maximum absolute atomic E-state index is 11.5. The maximum atomic E-state index is 11.5. The zero-order valence-electron chi connectivity index (χ0n) is 12.0. The number of benzene rings is 1. The minimum atomic E-state index is -0.0518. The van der Waals surface area contributed by atoms with Crippen molar-refractivity contribution in [2.75, 3.05) is 12.3 Å². The number of aromatic nitrogens is 2. The third-order valence-corrected chi connectivity index (χ3v) is 3.59. The normalized spacial score (nSPS) is 10.5. The summed E-state index contributed by atoms with van der Waals surface area (Å²) >= 11 is 6.99. The van der Waals surface area contributed by atoms with Crippen LogP contribution in [0.5, 0.6) is 5.75 Å². The highest BCUT2D eigenvalue weighted by atomic mass is 35.5. The van der Waals surface area contributed by atoms with Crippen LogP contribution in [0, 0.1) is 0 Å². The third kappa shape index (κ3) is 5.57. The summed E-state index contributed by atoms with van der Waals surface area (Å²) in [4.78, 5) is 11.5. The first-order valence-corrected chi connectivity index (χ1v) is 8.14. The molecule has 0 fully saturated rings. The SMILES string of the molecule is CCCNC(=O)CSc1nnc(COc2ccc(Cl)cc2)o1. The minimum Gasteiger partial charge on any atom is -0.484 e. The second-order valence-electron chi connectivity index (χ2n) is 4.34. The molecule has 0 aliphatic carbocycles. The predicted molar refractivity (Wildman–Crippen MR) is 84.1 cm³/mol. The van der Waals surface area contributed by atoms with E-state index in [1.165, 1.54) is 11.8 Å². The largest absolute Gasteiger partial charge is 0.484 e.